The van der Waals surface area contributed by atoms with E-state index in [1.54, 1.807) is 66.7 Å². The lowest BCUT2D eigenvalue weighted by atomic mass is 9.86. The van der Waals surface area contributed by atoms with Crippen molar-refractivity contribution < 1.29 is 37.3 Å². The first-order chi connectivity index (χ1) is 21.2. The van der Waals surface area contributed by atoms with Crippen LogP contribution in [0.1, 0.15) is 53.3 Å². The molecule has 3 aromatic rings. The molecule has 1 atom stereocenters. The molecule has 44 heavy (non-hydrogen) atoms. The number of ether oxygens (including phenoxy) is 1. The molecule has 4 rings (SSSR count). The number of phenolic OH excluding ortho intramolecular Hbond substituents is 1. The van der Waals surface area contributed by atoms with Crippen LogP contribution in [0.15, 0.2) is 78.9 Å². The molecule has 6 nitrogen and oxygen atoms in total. The average Bonchev–Trinajstić information content (AvgIpc) is 3.38. The molecule has 0 spiro atoms. The normalized spacial score (nSPS) is 15.2. The highest BCUT2D eigenvalue weighted by molar-refractivity contribution is 5.99. The largest absolute Gasteiger partial charge is 0.508 e. The minimum atomic E-state index is -4.52. The summed E-state index contributed by atoms with van der Waals surface area (Å²) in [7, 11) is 0. The second kappa shape index (κ2) is 15.5. The zero-order valence-electron chi connectivity index (χ0n) is 24.2. The average molecular weight is 613 g/mol. The molecule has 1 aliphatic rings. The number of allylic oxidation sites excluding steroid dienone is 1. The van der Waals surface area contributed by atoms with Crippen LogP contribution in [0, 0.1) is 0 Å². The van der Waals surface area contributed by atoms with Crippen LogP contribution in [-0.4, -0.2) is 55.1 Å². The van der Waals surface area contributed by atoms with Gasteiger partial charge in [0.15, 0.2) is 0 Å². The van der Waals surface area contributed by atoms with Gasteiger partial charge < -0.3 is 25.6 Å². The topological polar surface area (TPSA) is 90.8 Å². The Morgan fingerprint density at radius 2 is 1.73 bits per heavy atom. The van der Waals surface area contributed by atoms with Crippen molar-refractivity contribution in [1.29, 1.82) is 0 Å². The first kappa shape index (κ1) is 32.8. The van der Waals surface area contributed by atoms with Crippen molar-refractivity contribution in [1.82, 2.24) is 10.6 Å². The Bertz CT molecular complexity index is 1450. The van der Waals surface area contributed by atoms with E-state index in [4.69, 9.17) is 9.84 Å². The molecule has 3 aromatic carbocycles. The van der Waals surface area contributed by atoms with Gasteiger partial charge in [-0.15, -0.1) is 0 Å². The quantitative estimate of drug-likeness (QED) is 0.0745. The van der Waals surface area contributed by atoms with Gasteiger partial charge >= 0.3 is 6.18 Å². The maximum atomic E-state index is 14.7. The van der Waals surface area contributed by atoms with Crippen LogP contribution in [-0.2, 0) is 11.2 Å². The summed E-state index contributed by atoms with van der Waals surface area (Å²) in [5.41, 5.74) is 2.25. The van der Waals surface area contributed by atoms with Crippen molar-refractivity contribution in [2.24, 2.45) is 0 Å². The van der Waals surface area contributed by atoms with Crippen LogP contribution in [0.3, 0.4) is 0 Å². The first-order valence-electron chi connectivity index (χ1n) is 14.5. The van der Waals surface area contributed by atoms with Gasteiger partial charge in [0.25, 0.3) is 0 Å². The van der Waals surface area contributed by atoms with E-state index in [1.165, 1.54) is 12.1 Å². The highest BCUT2D eigenvalue weighted by atomic mass is 19.4. The molecular formula is C34H36F4N2O4. The smallest absolute Gasteiger partial charge is 0.393 e. The molecule has 0 aromatic heterocycles. The zero-order valence-corrected chi connectivity index (χ0v) is 24.2. The van der Waals surface area contributed by atoms with Gasteiger partial charge in [0.1, 0.15) is 24.3 Å². The molecule has 1 aliphatic carbocycles. The number of rotatable bonds is 14. The van der Waals surface area contributed by atoms with Crippen LogP contribution in [0.4, 0.5) is 17.6 Å². The molecule has 234 valence electrons. The summed E-state index contributed by atoms with van der Waals surface area (Å²) >= 11 is 0. The molecule has 0 heterocycles. The van der Waals surface area contributed by atoms with Gasteiger partial charge in [-0.25, -0.2) is 4.39 Å². The van der Waals surface area contributed by atoms with Crippen LogP contribution < -0.4 is 15.4 Å². The van der Waals surface area contributed by atoms with Gasteiger partial charge in [0.05, 0.1) is 13.0 Å². The second-order valence-electron chi connectivity index (χ2n) is 10.4. The number of hydrogen-bond acceptors (Lipinski definition) is 5. The van der Waals surface area contributed by atoms with Crippen molar-refractivity contribution in [3.05, 3.63) is 107 Å². The predicted molar refractivity (Wildman–Crippen MR) is 162 cm³/mol. The minimum Gasteiger partial charge on any atom is -0.508 e. The van der Waals surface area contributed by atoms with Gasteiger partial charge in [-0.3, -0.25) is 4.79 Å². The number of nitrogens with one attached hydrogen (secondary N) is 2. The van der Waals surface area contributed by atoms with Crippen molar-refractivity contribution in [2.45, 2.75) is 38.0 Å². The number of benzene rings is 3. The highest BCUT2D eigenvalue weighted by Crippen LogP contribution is 2.45. The Labute approximate surface area is 254 Å². The van der Waals surface area contributed by atoms with Crippen molar-refractivity contribution >= 4 is 17.1 Å². The van der Waals surface area contributed by atoms with E-state index in [-0.39, 0.29) is 42.4 Å². The number of carbonyl (C=O) groups is 1. The lowest BCUT2D eigenvalue weighted by Crippen LogP contribution is -2.24. The third kappa shape index (κ3) is 9.17. The standard InChI is InChI=1S/C34H36F4N2O4/c35-30-14-13-27-28(30)20-25(21-31(27)42)33(29(22-34(36,37)38)23-6-2-1-3-7-23)24-9-11-26(12-10-24)44-19-17-39-15-5-4-8-32(43)40-16-18-41/h1-4,6-12,20-21,30,39,41-42H,5,13-19,22H2,(H,40,43)/b8-4+,33-29+. The molecule has 1 amide bonds. The molecule has 0 radical (unpaired) electrons. The van der Waals surface area contributed by atoms with Gasteiger partial charge in [-0.1, -0.05) is 48.5 Å². The SMILES string of the molecule is O=C(/C=C/CCNCCOc1ccc(/C(=C(/CC(F)(F)F)c2ccccc2)c2cc(O)c3c(c2)C(F)CC3)cc1)NCCO. The van der Waals surface area contributed by atoms with E-state index in [0.717, 1.165) is 0 Å². The van der Waals surface area contributed by atoms with Crippen LogP contribution in [0.5, 0.6) is 11.5 Å². The molecule has 0 aliphatic heterocycles. The number of alkyl halides is 4. The van der Waals surface area contributed by atoms with E-state index >= 15 is 0 Å². The fraction of sp³-hybridized carbons (Fsp3) is 0.324. The second-order valence-corrected chi connectivity index (χ2v) is 10.4. The summed E-state index contributed by atoms with van der Waals surface area (Å²) in [5.74, 6) is 0.133. The van der Waals surface area contributed by atoms with Gasteiger partial charge in [-0.05, 0) is 89.5 Å². The molecule has 4 N–H and O–H groups in total. The summed E-state index contributed by atoms with van der Waals surface area (Å²) in [4.78, 5) is 11.5. The molecule has 0 saturated carbocycles. The zero-order chi connectivity index (χ0) is 31.5. The summed E-state index contributed by atoms with van der Waals surface area (Å²) in [5, 5.41) is 25.1. The number of amides is 1. The number of aliphatic hydroxyl groups is 1. The van der Waals surface area contributed by atoms with Crippen LogP contribution in [0.25, 0.3) is 11.1 Å². The molecule has 10 heteroatoms. The molecule has 0 bridgehead atoms. The number of aliphatic hydroxyl groups excluding tert-OH is 1. The molecule has 0 fully saturated rings. The van der Waals surface area contributed by atoms with Gasteiger partial charge in [0, 0.05) is 18.7 Å². The Morgan fingerprint density at radius 1 is 0.977 bits per heavy atom. The van der Waals surface area contributed by atoms with Crippen LogP contribution in [0.2, 0.25) is 0 Å². The fourth-order valence-electron chi connectivity index (χ4n) is 5.19. The summed E-state index contributed by atoms with van der Waals surface area (Å²) in [6.45, 7) is 1.57. The predicted octanol–water partition coefficient (Wildman–Crippen LogP) is 6.28. The number of halogens is 4. The summed E-state index contributed by atoms with van der Waals surface area (Å²) in [6, 6.07) is 17.9. The summed E-state index contributed by atoms with van der Waals surface area (Å²) < 4.78 is 62.4. The van der Waals surface area contributed by atoms with Crippen LogP contribution >= 0.6 is 0 Å². The van der Waals surface area contributed by atoms with Crippen molar-refractivity contribution in [3.63, 3.8) is 0 Å². The Balaban J connectivity index is 1.53. The molecular weight excluding hydrogens is 576 g/mol. The number of fused-ring (bicyclic) bond motifs is 1. The Kier molecular flexibility index (Phi) is 11.6. The third-order valence-corrected chi connectivity index (χ3v) is 7.19. The van der Waals surface area contributed by atoms with E-state index in [9.17, 15) is 27.5 Å². The number of phenols is 1. The number of aromatic hydroxyl groups is 1. The van der Waals surface area contributed by atoms with E-state index in [1.807, 2.05) is 0 Å². The van der Waals surface area contributed by atoms with Crippen molar-refractivity contribution in [3.8, 4) is 11.5 Å². The minimum absolute atomic E-state index is 0.0173. The maximum absolute atomic E-state index is 14.7. The van der Waals surface area contributed by atoms with E-state index < -0.39 is 18.8 Å². The van der Waals surface area contributed by atoms with Gasteiger partial charge in [0.2, 0.25) is 5.91 Å². The van der Waals surface area contributed by atoms with Crippen molar-refractivity contribution in [2.75, 3.05) is 32.8 Å². The lowest BCUT2D eigenvalue weighted by Gasteiger charge is -2.20. The fourth-order valence-corrected chi connectivity index (χ4v) is 5.19. The third-order valence-electron chi connectivity index (χ3n) is 7.19. The maximum Gasteiger partial charge on any atom is 0.393 e. The summed E-state index contributed by atoms with van der Waals surface area (Å²) in [6.07, 6.45) is -2.67. The molecule has 0 saturated heterocycles. The number of hydrogen-bond donors (Lipinski definition) is 4. The van der Waals surface area contributed by atoms with E-state index in [0.29, 0.717) is 66.1 Å². The Morgan fingerprint density at radius 3 is 2.43 bits per heavy atom. The Hall–Kier alpha value is -4.15. The van der Waals surface area contributed by atoms with E-state index in [2.05, 4.69) is 10.6 Å². The molecule has 1 unspecified atom stereocenters. The highest BCUT2D eigenvalue weighted by Gasteiger charge is 2.32. The number of carbonyl (C=O) groups excluding carboxylic acids is 1. The monoisotopic (exact) mass is 612 g/mol. The van der Waals surface area contributed by atoms with Gasteiger partial charge in [-0.2, -0.15) is 13.2 Å². The first-order valence-corrected chi connectivity index (χ1v) is 14.5. The lowest BCUT2D eigenvalue weighted by molar-refractivity contribution is -0.123.